The van der Waals surface area contributed by atoms with Gasteiger partial charge in [-0.2, -0.15) is 9.97 Å². The van der Waals surface area contributed by atoms with Gasteiger partial charge >= 0.3 is 5.69 Å². The molecule has 0 fully saturated rings. The smallest absolute Gasteiger partial charge is 0.367 e. The van der Waals surface area contributed by atoms with Gasteiger partial charge in [0.15, 0.2) is 0 Å². The Morgan fingerprint density at radius 2 is 2.07 bits per heavy atom. The predicted molar refractivity (Wildman–Crippen MR) is 54.7 cm³/mol. The van der Waals surface area contributed by atoms with Crippen molar-refractivity contribution in [2.24, 2.45) is 0 Å². The molecule has 0 saturated carbocycles. The molecule has 0 spiro atoms. The number of para-hydroxylation sites is 1. The van der Waals surface area contributed by atoms with E-state index in [0.717, 1.165) is 10.9 Å². The Bertz CT molecular complexity index is 660. The lowest BCUT2D eigenvalue weighted by Gasteiger charge is -2.04. The Morgan fingerprint density at radius 1 is 1.20 bits per heavy atom. The van der Waals surface area contributed by atoms with Gasteiger partial charge in [-0.1, -0.05) is 12.1 Å². The molecule has 0 amide bonds. The van der Waals surface area contributed by atoms with Gasteiger partial charge in [0.05, 0.1) is 11.3 Å². The van der Waals surface area contributed by atoms with Crippen LogP contribution in [0, 0.1) is 0 Å². The van der Waals surface area contributed by atoms with Crippen LogP contribution in [0.5, 0.6) is 0 Å². The molecule has 0 saturated heterocycles. The highest BCUT2D eigenvalue weighted by Gasteiger charge is 2.10. The number of nitrogens with zero attached hydrogens (tertiary/aromatic N) is 2. The first-order valence-electron chi connectivity index (χ1n) is 4.48. The highest BCUT2D eigenvalue weighted by atomic mass is 16.3. The maximum absolute atomic E-state index is 11.1. The summed E-state index contributed by atoms with van der Waals surface area (Å²) in [7, 11) is 0. The van der Waals surface area contributed by atoms with Crippen LogP contribution in [-0.2, 0) is 0 Å². The summed E-state index contributed by atoms with van der Waals surface area (Å²) in [6.07, 6.45) is 3.03. The fourth-order valence-electron chi connectivity index (χ4n) is 1.57. The van der Waals surface area contributed by atoms with E-state index >= 15 is 0 Å². The summed E-state index contributed by atoms with van der Waals surface area (Å²) in [5.41, 5.74) is 1.60. The quantitative estimate of drug-likeness (QED) is 0.516. The molecular formula is C11H6N2O2. The highest BCUT2D eigenvalue weighted by Crippen LogP contribution is 2.26. The third-order valence-electron chi connectivity index (χ3n) is 2.25. The number of fused-ring (bicyclic) bond motifs is 3. The third-order valence-corrected chi connectivity index (χ3v) is 2.25. The topological polar surface area (TPSA) is 56.0 Å². The molecule has 0 radical (unpaired) electrons. The van der Waals surface area contributed by atoms with Gasteiger partial charge in [-0.15, -0.1) is 0 Å². The van der Waals surface area contributed by atoms with Crippen molar-refractivity contribution >= 4 is 11.0 Å². The minimum absolute atomic E-state index is 0.473. The zero-order valence-electron chi connectivity index (χ0n) is 7.68. The van der Waals surface area contributed by atoms with Crippen molar-refractivity contribution in [1.29, 1.82) is 0 Å². The standard InChI is InChI=1S/C11H6N2O2/c14-11-12-5-7-6-15-9-4-2-1-3-8(9)10(7)13-11/h1-6H. The first kappa shape index (κ1) is 8.11. The summed E-state index contributed by atoms with van der Waals surface area (Å²) >= 11 is 0. The summed E-state index contributed by atoms with van der Waals surface area (Å²) < 4.78 is 5.38. The van der Waals surface area contributed by atoms with Crippen LogP contribution < -0.4 is 5.69 Å². The number of benzene rings is 1. The van der Waals surface area contributed by atoms with Crippen molar-refractivity contribution in [3.63, 3.8) is 0 Å². The summed E-state index contributed by atoms with van der Waals surface area (Å²) in [4.78, 5) is 18.5. The lowest BCUT2D eigenvalue weighted by molar-refractivity contribution is 0.604. The summed E-state index contributed by atoms with van der Waals surface area (Å²) in [5.74, 6) is 0. The molecule has 72 valence electrons. The van der Waals surface area contributed by atoms with Crippen LogP contribution in [0.3, 0.4) is 0 Å². The molecule has 15 heavy (non-hydrogen) atoms. The molecule has 0 aromatic heterocycles. The van der Waals surface area contributed by atoms with E-state index in [1.165, 1.54) is 6.20 Å². The Balaban J connectivity index is 2.57. The molecule has 1 aromatic carbocycles. The first-order chi connectivity index (χ1) is 7.34. The molecule has 0 bridgehead atoms. The molecule has 0 unspecified atom stereocenters. The molecule has 0 N–H and O–H groups in total. The average Bonchev–Trinajstić information content (AvgIpc) is 2.29. The highest BCUT2D eigenvalue weighted by molar-refractivity contribution is 5.91. The molecule has 3 rings (SSSR count). The maximum atomic E-state index is 11.1. The Labute approximate surface area is 84.6 Å². The van der Waals surface area contributed by atoms with Gasteiger partial charge in [0.2, 0.25) is 0 Å². The fraction of sp³-hybridized carbons (Fsp3) is 0. The van der Waals surface area contributed by atoms with Gasteiger partial charge < -0.3 is 4.42 Å². The van der Waals surface area contributed by atoms with Crippen LogP contribution in [0.25, 0.3) is 22.2 Å². The van der Waals surface area contributed by atoms with Gasteiger partial charge in [0.25, 0.3) is 0 Å². The van der Waals surface area contributed by atoms with E-state index in [4.69, 9.17) is 4.42 Å². The zero-order valence-corrected chi connectivity index (χ0v) is 7.68. The van der Waals surface area contributed by atoms with Gasteiger partial charge in [0, 0.05) is 11.6 Å². The van der Waals surface area contributed by atoms with Crippen molar-refractivity contribution in [2.75, 3.05) is 0 Å². The summed E-state index contributed by atoms with van der Waals surface area (Å²) in [6.45, 7) is 0. The van der Waals surface area contributed by atoms with E-state index in [1.54, 1.807) is 6.26 Å². The number of hydrogen-bond donors (Lipinski definition) is 0. The van der Waals surface area contributed by atoms with Gasteiger partial charge in [0.1, 0.15) is 11.8 Å². The second kappa shape index (κ2) is 2.88. The Kier molecular flexibility index (Phi) is 1.56. The monoisotopic (exact) mass is 198 g/mol. The largest absolute Gasteiger partial charge is 0.464 e. The van der Waals surface area contributed by atoms with Crippen LogP contribution in [-0.4, -0.2) is 9.97 Å². The first-order valence-corrected chi connectivity index (χ1v) is 4.48. The SMILES string of the molecule is O=c1ncc2coc3ccccc3c-2n1. The van der Waals surface area contributed by atoms with E-state index in [-0.39, 0.29) is 0 Å². The second-order valence-corrected chi connectivity index (χ2v) is 3.19. The van der Waals surface area contributed by atoms with Gasteiger partial charge in [-0.25, -0.2) is 4.79 Å². The van der Waals surface area contributed by atoms with E-state index < -0.39 is 5.69 Å². The molecule has 2 aliphatic heterocycles. The molecule has 4 nitrogen and oxygen atoms in total. The van der Waals surface area contributed by atoms with Crippen LogP contribution in [0.4, 0.5) is 0 Å². The molecule has 2 heterocycles. The Morgan fingerprint density at radius 3 is 3.00 bits per heavy atom. The number of rotatable bonds is 0. The average molecular weight is 198 g/mol. The minimum atomic E-state index is -0.473. The van der Waals surface area contributed by atoms with Crippen molar-refractivity contribution in [2.45, 2.75) is 0 Å². The van der Waals surface area contributed by atoms with E-state index in [2.05, 4.69) is 9.97 Å². The van der Waals surface area contributed by atoms with Gasteiger partial charge in [-0.3, -0.25) is 0 Å². The van der Waals surface area contributed by atoms with Crippen molar-refractivity contribution < 1.29 is 4.42 Å². The van der Waals surface area contributed by atoms with E-state index in [9.17, 15) is 4.79 Å². The molecule has 4 heteroatoms. The van der Waals surface area contributed by atoms with Crippen molar-refractivity contribution in [3.05, 3.63) is 47.2 Å². The van der Waals surface area contributed by atoms with E-state index in [1.807, 2.05) is 24.3 Å². The van der Waals surface area contributed by atoms with Crippen LogP contribution in [0.2, 0.25) is 0 Å². The molecule has 0 aliphatic carbocycles. The van der Waals surface area contributed by atoms with Crippen LogP contribution >= 0.6 is 0 Å². The molecule has 2 aliphatic rings. The number of aromatic nitrogens is 2. The fourth-order valence-corrected chi connectivity index (χ4v) is 1.57. The second-order valence-electron chi connectivity index (χ2n) is 3.19. The summed E-state index contributed by atoms with van der Waals surface area (Å²) in [5, 5.41) is 0.828. The maximum Gasteiger partial charge on any atom is 0.367 e. The van der Waals surface area contributed by atoms with Gasteiger partial charge in [-0.05, 0) is 12.1 Å². The molecule has 0 atom stereocenters. The number of hydrogen-bond acceptors (Lipinski definition) is 4. The Hall–Kier alpha value is -2.23. The van der Waals surface area contributed by atoms with Crippen LogP contribution in [0.1, 0.15) is 0 Å². The predicted octanol–water partition coefficient (Wildman–Crippen LogP) is 1.69. The minimum Gasteiger partial charge on any atom is -0.464 e. The van der Waals surface area contributed by atoms with Crippen molar-refractivity contribution in [1.82, 2.24) is 9.97 Å². The normalized spacial score (nSPS) is 10.9. The third kappa shape index (κ3) is 1.19. The van der Waals surface area contributed by atoms with Crippen LogP contribution in [0.15, 0.2) is 45.9 Å². The lowest BCUT2D eigenvalue weighted by Crippen LogP contribution is -2.11. The summed E-state index contributed by atoms with van der Waals surface area (Å²) in [6, 6.07) is 7.45. The molecular weight excluding hydrogens is 192 g/mol. The van der Waals surface area contributed by atoms with Crippen molar-refractivity contribution in [3.8, 4) is 11.3 Å². The molecule has 1 aromatic rings. The van der Waals surface area contributed by atoms with E-state index in [0.29, 0.717) is 11.3 Å². The zero-order chi connectivity index (χ0) is 10.3. The lowest BCUT2D eigenvalue weighted by atomic mass is 10.1.